The normalized spacial score (nSPS) is 16.0. The van der Waals surface area contributed by atoms with E-state index in [0.29, 0.717) is 25.9 Å². The third-order valence-electron chi connectivity index (χ3n) is 4.74. The largest absolute Gasteiger partial charge is 0.467 e. The summed E-state index contributed by atoms with van der Waals surface area (Å²) in [6, 6.07) is 4.24. The van der Waals surface area contributed by atoms with Gasteiger partial charge in [-0.25, -0.2) is 9.02 Å². The average Bonchev–Trinajstić information content (AvgIpc) is 3.29. The molecule has 1 atom stereocenters. The molecule has 0 radical (unpaired) electrons. The molecule has 1 aliphatic heterocycles. The lowest BCUT2D eigenvalue weighted by atomic mass is 9.83. The summed E-state index contributed by atoms with van der Waals surface area (Å²) in [5, 5.41) is 16.9. The number of likely N-dealkylation sites (tertiary alicyclic amines) is 1. The van der Waals surface area contributed by atoms with Crippen molar-refractivity contribution in [2.75, 3.05) is 13.1 Å². The summed E-state index contributed by atoms with van der Waals surface area (Å²) in [4.78, 5) is 25.6. The van der Waals surface area contributed by atoms with Crippen LogP contribution in [-0.4, -0.2) is 58.1 Å². The SMILES string of the molecule is C#C.C=O.CC.CCC(=O)N1CC(Oc2nonc2C(=N[C@H]2Cc3ccc(F)cc32)NO)C1. The Balaban J connectivity index is 0.000000841. The molecule has 1 aromatic carbocycles. The van der Waals surface area contributed by atoms with Crippen molar-refractivity contribution in [2.24, 2.45) is 4.99 Å². The molecule has 2 aliphatic rings. The number of hydroxylamine groups is 1. The predicted octanol–water partition coefficient (Wildman–Crippen LogP) is 2.32. The number of rotatable bonds is 5. The predicted molar refractivity (Wildman–Crippen MR) is 118 cm³/mol. The minimum absolute atomic E-state index is 0.0203. The van der Waals surface area contributed by atoms with Crippen LogP contribution in [0, 0.1) is 18.7 Å². The van der Waals surface area contributed by atoms with E-state index in [0.717, 1.165) is 11.1 Å². The van der Waals surface area contributed by atoms with Crippen LogP contribution in [0.5, 0.6) is 5.88 Å². The van der Waals surface area contributed by atoms with Crippen molar-refractivity contribution in [3.8, 4) is 18.7 Å². The first-order valence-electron chi connectivity index (χ1n) is 10.2. The Bertz CT molecular complexity index is 956. The lowest BCUT2D eigenvalue weighted by Gasteiger charge is -2.38. The van der Waals surface area contributed by atoms with Gasteiger partial charge < -0.3 is 14.4 Å². The lowest BCUT2D eigenvalue weighted by Crippen LogP contribution is -2.56. The molecule has 0 unspecified atom stereocenters. The smallest absolute Gasteiger partial charge is 0.287 e. The number of nitrogens with one attached hydrogen (secondary N) is 1. The lowest BCUT2D eigenvalue weighted by molar-refractivity contribution is -0.139. The van der Waals surface area contributed by atoms with Gasteiger partial charge in [-0.1, -0.05) is 26.8 Å². The maximum absolute atomic E-state index is 13.4. The van der Waals surface area contributed by atoms with Crippen LogP contribution in [0.2, 0.25) is 0 Å². The number of amidine groups is 1. The average molecular weight is 461 g/mol. The molecule has 1 aliphatic carbocycles. The van der Waals surface area contributed by atoms with Gasteiger partial charge in [0.05, 0.1) is 19.1 Å². The van der Waals surface area contributed by atoms with E-state index in [-0.39, 0.29) is 41.3 Å². The Kier molecular flexibility index (Phi) is 11.2. The zero-order valence-corrected chi connectivity index (χ0v) is 18.8. The number of carbonyl (C=O) groups is 2. The van der Waals surface area contributed by atoms with Crippen molar-refractivity contribution < 1.29 is 28.6 Å². The molecule has 0 saturated carbocycles. The molecule has 11 heteroatoms. The van der Waals surface area contributed by atoms with E-state index in [4.69, 9.17) is 14.2 Å². The Labute approximate surface area is 191 Å². The molecule has 1 fully saturated rings. The van der Waals surface area contributed by atoms with Crippen molar-refractivity contribution in [3.05, 3.63) is 40.8 Å². The Hall–Kier alpha value is -3.78. The highest BCUT2D eigenvalue weighted by Crippen LogP contribution is 2.37. The third-order valence-corrected chi connectivity index (χ3v) is 4.74. The van der Waals surface area contributed by atoms with E-state index in [1.165, 1.54) is 12.1 Å². The van der Waals surface area contributed by atoms with Crippen LogP contribution in [0.4, 0.5) is 4.39 Å². The molecule has 1 aromatic heterocycles. The van der Waals surface area contributed by atoms with Crippen LogP contribution >= 0.6 is 0 Å². The second-order valence-electron chi connectivity index (χ2n) is 6.46. The van der Waals surface area contributed by atoms with Crippen LogP contribution in [0.3, 0.4) is 0 Å². The Morgan fingerprint density at radius 3 is 2.64 bits per heavy atom. The number of aromatic nitrogens is 2. The van der Waals surface area contributed by atoms with Gasteiger partial charge in [0, 0.05) is 6.42 Å². The molecule has 10 nitrogen and oxygen atoms in total. The summed E-state index contributed by atoms with van der Waals surface area (Å²) in [6.45, 7) is 8.71. The minimum Gasteiger partial charge on any atom is -0.467 e. The van der Waals surface area contributed by atoms with Gasteiger partial charge in [-0.2, -0.15) is 0 Å². The zero-order chi connectivity index (χ0) is 25.0. The number of aliphatic imine (C=N–C) groups is 1. The molecule has 0 spiro atoms. The number of halogens is 1. The number of ether oxygens (including phenoxy) is 1. The Morgan fingerprint density at radius 1 is 1.36 bits per heavy atom. The monoisotopic (exact) mass is 461 g/mol. The van der Waals surface area contributed by atoms with Crippen LogP contribution in [0.1, 0.15) is 50.1 Å². The first kappa shape index (κ1) is 27.3. The fourth-order valence-corrected chi connectivity index (χ4v) is 3.16. The fraction of sp³-hybridized carbons (Fsp3) is 0.409. The zero-order valence-electron chi connectivity index (χ0n) is 18.8. The highest BCUT2D eigenvalue weighted by molar-refractivity contribution is 5.98. The molecule has 178 valence electrons. The second-order valence-corrected chi connectivity index (χ2v) is 6.46. The molecule has 33 heavy (non-hydrogen) atoms. The summed E-state index contributed by atoms with van der Waals surface area (Å²) in [5.74, 6) is -0.186. The topological polar surface area (TPSA) is 130 Å². The Morgan fingerprint density at radius 2 is 2.03 bits per heavy atom. The number of benzene rings is 1. The first-order chi connectivity index (χ1) is 16.1. The van der Waals surface area contributed by atoms with E-state index < -0.39 is 0 Å². The van der Waals surface area contributed by atoms with Crippen molar-refractivity contribution in [2.45, 2.75) is 45.8 Å². The standard InChI is InChI=1S/C17H18FN5O4.C2H6.C2H2.CH2O/c1-2-14(24)23-7-11(8-23)26-17-15(21-27-22-17)16(20-25)19-13-5-9-3-4-10(18)6-12(9)13;3*1-2/h3-4,6,11,13,25H,2,5,7-8H2,1H3,(H,19,20);1-2H3;1-2H;1H2/t13-;;;/m0.../s1. The summed E-state index contributed by atoms with van der Waals surface area (Å²) in [7, 11) is 0. The van der Waals surface area contributed by atoms with Crippen molar-refractivity contribution in [1.29, 1.82) is 0 Å². The van der Waals surface area contributed by atoms with Crippen LogP contribution in [0.25, 0.3) is 0 Å². The fourth-order valence-electron chi connectivity index (χ4n) is 3.16. The molecule has 4 rings (SSSR count). The number of hydrogen-bond acceptors (Lipinski definition) is 8. The number of carbonyl (C=O) groups excluding carboxylic acids is 2. The third kappa shape index (κ3) is 6.36. The van der Waals surface area contributed by atoms with Crippen molar-refractivity contribution in [3.63, 3.8) is 0 Å². The quantitative estimate of drug-likeness (QED) is 0.300. The van der Waals surface area contributed by atoms with Gasteiger partial charge in [-0.05, 0) is 40.0 Å². The van der Waals surface area contributed by atoms with E-state index in [1.807, 2.05) is 26.1 Å². The molecule has 1 saturated heterocycles. The van der Waals surface area contributed by atoms with Gasteiger partial charge in [-0.3, -0.25) is 20.5 Å². The summed E-state index contributed by atoms with van der Waals surface area (Å²) in [5.41, 5.74) is 3.86. The highest BCUT2D eigenvalue weighted by atomic mass is 19.1. The second kappa shape index (κ2) is 13.6. The van der Waals surface area contributed by atoms with Gasteiger partial charge in [-0.15, -0.1) is 12.8 Å². The maximum Gasteiger partial charge on any atom is 0.287 e. The molecule has 2 N–H and O–H groups in total. The van der Waals surface area contributed by atoms with Crippen LogP contribution in [-0.2, 0) is 16.0 Å². The van der Waals surface area contributed by atoms with Gasteiger partial charge in [0.1, 0.15) is 18.7 Å². The van der Waals surface area contributed by atoms with Gasteiger partial charge >= 0.3 is 0 Å². The number of terminal acetylenes is 1. The maximum atomic E-state index is 13.4. The van der Waals surface area contributed by atoms with E-state index >= 15 is 0 Å². The molecule has 2 heterocycles. The van der Waals surface area contributed by atoms with E-state index in [1.54, 1.807) is 17.9 Å². The van der Waals surface area contributed by atoms with E-state index in [2.05, 4.69) is 28.2 Å². The van der Waals surface area contributed by atoms with E-state index in [9.17, 15) is 14.4 Å². The number of nitrogens with zero attached hydrogens (tertiary/aromatic N) is 4. The highest BCUT2D eigenvalue weighted by Gasteiger charge is 2.34. The number of hydrogen-bond donors (Lipinski definition) is 2. The molecule has 2 aromatic rings. The molecule has 1 amide bonds. The number of amides is 1. The molecular weight excluding hydrogens is 433 g/mol. The van der Waals surface area contributed by atoms with Gasteiger partial charge in [0.25, 0.3) is 5.88 Å². The van der Waals surface area contributed by atoms with Crippen LogP contribution < -0.4 is 10.2 Å². The number of fused-ring (bicyclic) bond motifs is 1. The summed E-state index contributed by atoms with van der Waals surface area (Å²) >= 11 is 0. The van der Waals surface area contributed by atoms with Crippen molar-refractivity contribution >= 4 is 18.5 Å². The molecular formula is C22H28FN5O5. The van der Waals surface area contributed by atoms with Crippen LogP contribution in [0.15, 0.2) is 27.8 Å². The first-order valence-corrected chi connectivity index (χ1v) is 10.2. The molecule has 0 bridgehead atoms. The minimum atomic E-state index is -0.338. The van der Waals surface area contributed by atoms with Gasteiger partial charge in [0.2, 0.25) is 11.6 Å². The summed E-state index contributed by atoms with van der Waals surface area (Å²) in [6.07, 6.45) is 8.83. The summed E-state index contributed by atoms with van der Waals surface area (Å²) < 4.78 is 23.8. The van der Waals surface area contributed by atoms with Crippen molar-refractivity contribution in [1.82, 2.24) is 20.7 Å². The van der Waals surface area contributed by atoms with Gasteiger partial charge in [0.15, 0.2) is 5.84 Å².